The van der Waals surface area contributed by atoms with E-state index < -0.39 is 32.9 Å². The highest BCUT2D eigenvalue weighted by Crippen LogP contribution is 2.29. The van der Waals surface area contributed by atoms with E-state index in [1.165, 1.54) is 0 Å². The van der Waals surface area contributed by atoms with Crippen molar-refractivity contribution in [1.82, 2.24) is 9.21 Å². The van der Waals surface area contributed by atoms with Gasteiger partial charge in [0.05, 0.1) is 6.10 Å². The monoisotopic (exact) mass is 386 g/mol. The number of rotatable bonds is 5. The molecular weight excluding hydrogens is 364 g/mol. The van der Waals surface area contributed by atoms with Crippen molar-refractivity contribution in [2.75, 3.05) is 26.7 Å². The zero-order valence-electron chi connectivity index (χ0n) is 14.5. The number of carbonyl (C=O) groups excluding carboxylic acids is 1. The van der Waals surface area contributed by atoms with Crippen LogP contribution in [0, 0.1) is 0 Å². The van der Waals surface area contributed by atoms with E-state index in [0.29, 0.717) is 25.9 Å². The normalized spacial score (nSPS) is 22.7. The van der Waals surface area contributed by atoms with E-state index in [9.17, 15) is 18.0 Å². The molecular formula is C16H22N2O7S. The number of methoxy groups -OCH3 is 1. The topological polar surface area (TPSA) is 117 Å². The summed E-state index contributed by atoms with van der Waals surface area (Å²) in [5.74, 6) is -2.01. The Bertz CT molecular complexity index is 780. The lowest BCUT2D eigenvalue weighted by molar-refractivity contribution is -0.137. The fourth-order valence-corrected chi connectivity index (χ4v) is 5.05. The number of ether oxygens (including phenoxy) is 1. The van der Waals surface area contributed by atoms with E-state index in [1.54, 1.807) is 12.0 Å². The van der Waals surface area contributed by atoms with Gasteiger partial charge in [-0.1, -0.05) is 0 Å². The smallest absolute Gasteiger partial charge is 0.371 e. The maximum atomic E-state index is 12.9. The van der Waals surface area contributed by atoms with Crippen molar-refractivity contribution in [1.29, 1.82) is 0 Å². The maximum Gasteiger partial charge on any atom is 0.371 e. The lowest BCUT2D eigenvalue weighted by Crippen LogP contribution is -2.50. The lowest BCUT2D eigenvalue weighted by Gasteiger charge is -2.34. The van der Waals surface area contributed by atoms with Gasteiger partial charge in [-0.15, -0.1) is 0 Å². The highest BCUT2D eigenvalue weighted by molar-refractivity contribution is 7.89. The van der Waals surface area contributed by atoms with Gasteiger partial charge in [-0.05, 0) is 37.8 Å². The number of carboxylic acids is 1. The molecule has 26 heavy (non-hydrogen) atoms. The number of hydrogen-bond donors (Lipinski definition) is 1. The number of piperidine rings is 1. The van der Waals surface area contributed by atoms with E-state index in [2.05, 4.69) is 0 Å². The maximum absolute atomic E-state index is 12.9. The summed E-state index contributed by atoms with van der Waals surface area (Å²) in [5.41, 5.74) is 0. The Balaban J connectivity index is 1.76. The third-order valence-electron chi connectivity index (χ3n) is 4.93. The SMILES string of the molecule is COC1CCN(C(=O)C2CCCN2S(=O)(=O)c2ccc(C(=O)O)o2)CC1. The molecule has 2 aliphatic rings. The number of carbonyl (C=O) groups is 2. The van der Waals surface area contributed by atoms with E-state index in [4.69, 9.17) is 14.3 Å². The quantitative estimate of drug-likeness (QED) is 0.794. The molecule has 2 saturated heterocycles. The van der Waals surface area contributed by atoms with Crippen LogP contribution in [0.4, 0.5) is 0 Å². The molecule has 3 rings (SSSR count). The molecule has 0 radical (unpaired) electrons. The zero-order chi connectivity index (χ0) is 18.9. The molecule has 0 aromatic carbocycles. The Hall–Kier alpha value is -1.91. The minimum atomic E-state index is -4.07. The third kappa shape index (κ3) is 3.49. The van der Waals surface area contributed by atoms with Gasteiger partial charge in [-0.25, -0.2) is 13.2 Å². The van der Waals surface area contributed by atoms with Gasteiger partial charge in [0.25, 0.3) is 10.0 Å². The average molecular weight is 386 g/mol. The third-order valence-corrected chi connectivity index (χ3v) is 6.71. The van der Waals surface area contributed by atoms with Crippen molar-refractivity contribution >= 4 is 21.9 Å². The zero-order valence-corrected chi connectivity index (χ0v) is 15.3. The molecule has 1 atom stereocenters. The molecule has 0 spiro atoms. The van der Waals surface area contributed by atoms with E-state index in [1.807, 2.05) is 0 Å². The second-order valence-electron chi connectivity index (χ2n) is 6.46. The van der Waals surface area contributed by atoms with E-state index >= 15 is 0 Å². The van der Waals surface area contributed by atoms with Gasteiger partial charge in [0.15, 0.2) is 0 Å². The molecule has 1 aromatic rings. The highest BCUT2D eigenvalue weighted by atomic mass is 32.2. The number of amides is 1. The van der Waals surface area contributed by atoms with Gasteiger partial charge < -0.3 is 19.2 Å². The fourth-order valence-electron chi connectivity index (χ4n) is 3.49. The van der Waals surface area contributed by atoms with Crippen LogP contribution < -0.4 is 0 Å². The number of furan rings is 1. The van der Waals surface area contributed by atoms with E-state index in [0.717, 1.165) is 29.3 Å². The number of likely N-dealkylation sites (tertiary alicyclic amines) is 1. The average Bonchev–Trinajstić information content (AvgIpc) is 3.31. The Morgan fingerprint density at radius 2 is 1.88 bits per heavy atom. The first-order chi connectivity index (χ1) is 12.3. The van der Waals surface area contributed by atoms with Crippen LogP contribution in [0.3, 0.4) is 0 Å². The number of hydrogen-bond acceptors (Lipinski definition) is 6. The number of carboxylic acid groups (broad SMARTS) is 1. The van der Waals surface area contributed by atoms with Crippen LogP contribution in [-0.2, 0) is 19.6 Å². The molecule has 10 heteroatoms. The van der Waals surface area contributed by atoms with Crippen LogP contribution in [0.15, 0.2) is 21.6 Å². The minimum absolute atomic E-state index is 0.125. The predicted octanol–water partition coefficient (Wildman–Crippen LogP) is 0.768. The Morgan fingerprint density at radius 3 is 2.46 bits per heavy atom. The van der Waals surface area contributed by atoms with Gasteiger partial charge in [-0.3, -0.25) is 4.79 Å². The van der Waals surface area contributed by atoms with Gasteiger partial charge in [0, 0.05) is 26.7 Å². The first kappa shape index (κ1) is 18.9. The summed E-state index contributed by atoms with van der Waals surface area (Å²) in [4.78, 5) is 25.5. The molecule has 0 saturated carbocycles. The van der Waals surface area contributed by atoms with Crippen LogP contribution in [0.25, 0.3) is 0 Å². The van der Waals surface area contributed by atoms with Crippen LogP contribution >= 0.6 is 0 Å². The van der Waals surface area contributed by atoms with Crippen LogP contribution in [0.5, 0.6) is 0 Å². The fraction of sp³-hybridized carbons (Fsp3) is 0.625. The first-order valence-electron chi connectivity index (χ1n) is 8.51. The van der Waals surface area contributed by atoms with Crippen molar-refractivity contribution in [2.24, 2.45) is 0 Å². The van der Waals surface area contributed by atoms with Gasteiger partial charge in [0.1, 0.15) is 6.04 Å². The Morgan fingerprint density at radius 1 is 1.19 bits per heavy atom. The largest absolute Gasteiger partial charge is 0.475 e. The standard InChI is InChI=1S/C16H22N2O7S/c1-24-11-6-9-17(10-7-11)15(19)12-3-2-8-18(12)26(22,23)14-5-4-13(25-14)16(20)21/h4-5,11-12H,2-3,6-10H2,1H3,(H,20,21). The molecule has 2 fully saturated rings. The summed E-state index contributed by atoms with van der Waals surface area (Å²) >= 11 is 0. The van der Waals surface area contributed by atoms with Gasteiger partial charge in [-0.2, -0.15) is 4.31 Å². The van der Waals surface area contributed by atoms with E-state index in [-0.39, 0.29) is 18.6 Å². The first-order valence-corrected chi connectivity index (χ1v) is 9.95. The molecule has 1 N–H and O–H groups in total. The summed E-state index contributed by atoms with van der Waals surface area (Å²) in [6.07, 6.45) is 2.58. The number of aromatic carboxylic acids is 1. The molecule has 3 heterocycles. The van der Waals surface area contributed by atoms with Crippen LogP contribution in [-0.4, -0.2) is 73.5 Å². The number of nitrogens with zero attached hydrogens (tertiary/aromatic N) is 2. The number of sulfonamides is 1. The second-order valence-corrected chi connectivity index (χ2v) is 8.28. The van der Waals surface area contributed by atoms with Gasteiger partial charge in [0.2, 0.25) is 16.8 Å². The second kappa shape index (κ2) is 7.37. The highest BCUT2D eigenvalue weighted by Gasteiger charge is 2.43. The molecule has 1 amide bonds. The minimum Gasteiger partial charge on any atom is -0.475 e. The molecule has 144 valence electrons. The summed E-state index contributed by atoms with van der Waals surface area (Å²) < 4.78 is 37.0. The summed E-state index contributed by atoms with van der Waals surface area (Å²) in [7, 11) is -2.43. The molecule has 2 aliphatic heterocycles. The van der Waals surface area contributed by atoms with Crippen LogP contribution in [0.1, 0.15) is 36.2 Å². The summed E-state index contributed by atoms with van der Waals surface area (Å²) in [6, 6.07) is 1.43. The molecule has 9 nitrogen and oxygen atoms in total. The van der Waals surface area contributed by atoms with Crippen molar-refractivity contribution in [2.45, 2.75) is 42.9 Å². The Labute approximate surface area is 151 Å². The summed E-state index contributed by atoms with van der Waals surface area (Å²) in [6.45, 7) is 1.27. The predicted molar refractivity (Wildman–Crippen MR) is 89.2 cm³/mol. The molecule has 0 bridgehead atoms. The molecule has 1 unspecified atom stereocenters. The molecule has 1 aromatic heterocycles. The van der Waals surface area contributed by atoms with Gasteiger partial charge >= 0.3 is 5.97 Å². The van der Waals surface area contributed by atoms with Crippen molar-refractivity contribution in [3.63, 3.8) is 0 Å². The van der Waals surface area contributed by atoms with Crippen LogP contribution in [0.2, 0.25) is 0 Å². The van der Waals surface area contributed by atoms with Crippen molar-refractivity contribution in [3.05, 3.63) is 17.9 Å². The van der Waals surface area contributed by atoms with Crippen molar-refractivity contribution < 1.29 is 32.3 Å². The lowest BCUT2D eigenvalue weighted by atomic mass is 10.1. The summed E-state index contributed by atoms with van der Waals surface area (Å²) in [5, 5.41) is 8.46. The molecule has 0 aliphatic carbocycles. The Kier molecular flexibility index (Phi) is 5.35. The van der Waals surface area contributed by atoms with Crippen molar-refractivity contribution in [3.8, 4) is 0 Å².